The number of ether oxygens (including phenoxy) is 1. The Balaban J connectivity index is 1.60. The van der Waals surface area contributed by atoms with Gasteiger partial charge in [-0.1, -0.05) is 35.5 Å². The smallest absolute Gasteiger partial charge is 0.258 e. The van der Waals surface area contributed by atoms with Crippen molar-refractivity contribution in [3.8, 4) is 34.0 Å². The van der Waals surface area contributed by atoms with E-state index in [-0.39, 0.29) is 0 Å². The van der Waals surface area contributed by atoms with E-state index in [1.54, 1.807) is 20.2 Å². The number of hydrogen-bond acceptors (Lipinski definition) is 7. The summed E-state index contributed by atoms with van der Waals surface area (Å²) in [7, 11) is 1.69. The lowest BCUT2D eigenvalue weighted by Crippen LogP contribution is -2.15. The van der Waals surface area contributed by atoms with Gasteiger partial charge < -0.3 is 19.7 Å². The molecular weight excluding hydrogens is 404 g/mol. The minimum Gasteiger partial charge on any atom is -0.392 e. The average Bonchev–Trinajstić information content (AvgIpc) is 3.29. The van der Waals surface area contributed by atoms with Gasteiger partial charge in [0.15, 0.2) is 0 Å². The van der Waals surface area contributed by atoms with Crippen molar-refractivity contribution in [1.82, 2.24) is 15.1 Å². The zero-order valence-corrected chi connectivity index (χ0v) is 18.4. The van der Waals surface area contributed by atoms with Crippen LogP contribution in [-0.4, -0.2) is 40.0 Å². The Kier molecular flexibility index (Phi) is 6.58. The SMILES string of the molecule is COCc1cc(-c2nc(-c3ccc(NCC(C)O)nc3)no2)ccc1-c1ccccc1C. The highest BCUT2D eigenvalue weighted by Gasteiger charge is 2.15. The molecule has 1 unspecified atom stereocenters. The Hall–Kier alpha value is -3.55. The van der Waals surface area contributed by atoms with Crippen LogP contribution in [0.3, 0.4) is 0 Å². The van der Waals surface area contributed by atoms with Gasteiger partial charge in [0.05, 0.1) is 12.7 Å². The van der Waals surface area contributed by atoms with E-state index in [0.717, 1.165) is 22.3 Å². The molecule has 0 bridgehead atoms. The van der Waals surface area contributed by atoms with Gasteiger partial charge in [0.25, 0.3) is 5.89 Å². The number of aliphatic hydroxyl groups excluding tert-OH is 1. The fraction of sp³-hybridized carbons (Fsp3) is 0.240. The number of methoxy groups -OCH3 is 1. The predicted molar refractivity (Wildman–Crippen MR) is 124 cm³/mol. The Bertz CT molecular complexity index is 1190. The Morgan fingerprint density at radius 2 is 1.88 bits per heavy atom. The molecular formula is C25H26N4O3. The topological polar surface area (TPSA) is 93.3 Å². The number of nitrogens with zero attached hydrogens (tertiary/aromatic N) is 3. The van der Waals surface area contributed by atoms with E-state index < -0.39 is 6.10 Å². The molecule has 4 aromatic rings. The summed E-state index contributed by atoms with van der Waals surface area (Å²) in [5.74, 6) is 1.57. The molecule has 0 spiro atoms. The van der Waals surface area contributed by atoms with Crippen LogP contribution >= 0.6 is 0 Å². The average molecular weight is 431 g/mol. The first-order valence-electron chi connectivity index (χ1n) is 10.5. The van der Waals surface area contributed by atoms with Gasteiger partial charge >= 0.3 is 0 Å². The van der Waals surface area contributed by atoms with Crippen molar-refractivity contribution in [2.75, 3.05) is 19.0 Å². The van der Waals surface area contributed by atoms with Crippen molar-refractivity contribution in [1.29, 1.82) is 0 Å². The number of aliphatic hydroxyl groups is 1. The van der Waals surface area contributed by atoms with E-state index in [4.69, 9.17) is 9.26 Å². The van der Waals surface area contributed by atoms with E-state index in [2.05, 4.69) is 45.6 Å². The van der Waals surface area contributed by atoms with Crippen molar-refractivity contribution in [3.05, 3.63) is 71.9 Å². The summed E-state index contributed by atoms with van der Waals surface area (Å²) < 4.78 is 11.0. The number of aryl methyl sites for hydroxylation is 1. The lowest BCUT2D eigenvalue weighted by molar-refractivity contribution is 0.185. The highest BCUT2D eigenvalue weighted by molar-refractivity contribution is 5.74. The molecule has 0 aliphatic rings. The van der Waals surface area contributed by atoms with E-state index in [1.165, 1.54) is 11.1 Å². The first-order chi connectivity index (χ1) is 15.5. The highest BCUT2D eigenvalue weighted by Crippen LogP contribution is 2.31. The van der Waals surface area contributed by atoms with Crippen molar-refractivity contribution >= 4 is 5.82 Å². The summed E-state index contributed by atoms with van der Waals surface area (Å²) in [5.41, 5.74) is 6.13. The van der Waals surface area contributed by atoms with Crippen molar-refractivity contribution in [3.63, 3.8) is 0 Å². The van der Waals surface area contributed by atoms with Gasteiger partial charge in [0.2, 0.25) is 5.82 Å². The largest absolute Gasteiger partial charge is 0.392 e. The zero-order chi connectivity index (χ0) is 22.5. The third kappa shape index (κ3) is 4.85. The van der Waals surface area contributed by atoms with E-state index >= 15 is 0 Å². The molecule has 0 aliphatic carbocycles. The standard InChI is InChI=1S/C25H26N4O3/c1-16-6-4-5-7-21(16)22-10-8-18(12-20(22)15-31-3)25-28-24(29-32-25)19-9-11-23(27-14-19)26-13-17(2)30/h4-12,14,17,30H,13,15H2,1-3H3,(H,26,27). The van der Waals surface area contributed by atoms with Gasteiger partial charge in [-0.3, -0.25) is 0 Å². The predicted octanol–water partition coefficient (Wildman–Crippen LogP) is 4.71. The summed E-state index contributed by atoms with van der Waals surface area (Å²) in [4.78, 5) is 8.90. The molecule has 7 heteroatoms. The minimum absolute atomic E-state index is 0.432. The summed E-state index contributed by atoms with van der Waals surface area (Å²) in [6, 6.07) is 18.1. The van der Waals surface area contributed by atoms with Crippen LogP contribution in [-0.2, 0) is 11.3 Å². The summed E-state index contributed by atoms with van der Waals surface area (Å²) in [5, 5.41) is 16.6. The molecule has 0 aliphatic heterocycles. The number of rotatable bonds is 8. The Morgan fingerprint density at radius 3 is 2.59 bits per heavy atom. The number of pyridine rings is 1. The number of nitrogens with one attached hydrogen (secondary N) is 1. The molecule has 2 aromatic carbocycles. The lowest BCUT2D eigenvalue weighted by Gasteiger charge is -2.12. The van der Waals surface area contributed by atoms with Crippen LogP contribution in [0.2, 0.25) is 0 Å². The van der Waals surface area contributed by atoms with E-state index in [1.807, 2.05) is 36.4 Å². The molecule has 0 saturated carbocycles. The van der Waals surface area contributed by atoms with Crippen LogP contribution in [0.25, 0.3) is 34.0 Å². The van der Waals surface area contributed by atoms with Crippen LogP contribution in [0.1, 0.15) is 18.1 Å². The summed E-state index contributed by atoms with van der Waals surface area (Å²) in [6.45, 7) is 4.72. The van der Waals surface area contributed by atoms with Gasteiger partial charge in [0.1, 0.15) is 5.82 Å². The quantitative estimate of drug-likeness (QED) is 0.418. The second-order valence-corrected chi connectivity index (χ2v) is 7.71. The van der Waals surface area contributed by atoms with Crippen molar-refractivity contribution in [2.45, 2.75) is 26.6 Å². The second kappa shape index (κ2) is 9.72. The maximum absolute atomic E-state index is 9.38. The molecule has 0 saturated heterocycles. The summed E-state index contributed by atoms with van der Waals surface area (Å²) >= 11 is 0. The lowest BCUT2D eigenvalue weighted by atomic mass is 9.94. The van der Waals surface area contributed by atoms with Crippen LogP contribution in [0.15, 0.2) is 65.3 Å². The van der Waals surface area contributed by atoms with Gasteiger partial charge in [-0.25, -0.2) is 4.98 Å². The minimum atomic E-state index is -0.448. The molecule has 4 rings (SSSR count). The Labute approximate surface area is 187 Å². The van der Waals surface area contributed by atoms with Gasteiger partial charge in [0, 0.05) is 31.0 Å². The first-order valence-corrected chi connectivity index (χ1v) is 10.5. The molecule has 2 aromatic heterocycles. The molecule has 0 radical (unpaired) electrons. The van der Waals surface area contributed by atoms with Crippen molar-refractivity contribution < 1.29 is 14.4 Å². The highest BCUT2D eigenvalue weighted by atomic mass is 16.5. The monoisotopic (exact) mass is 430 g/mol. The fourth-order valence-electron chi connectivity index (χ4n) is 3.48. The third-order valence-corrected chi connectivity index (χ3v) is 5.11. The number of aromatic nitrogens is 3. The molecule has 164 valence electrons. The van der Waals surface area contributed by atoms with Crippen LogP contribution in [0, 0.1) is 6.92 Å². The molecule has 0 amide bonds. The molecule has 1 atom stereocenters. The normalized spacial score (nSPS) is 12.0. The van der Waals surface area contributed by atoms with Crippen LogP contribution in [0.4, 0.5) is 5.82 Å². The number of benzene rings is 2. The van der Waals surface area contributed by atoms with Gasteiger partial charge in [-0.05, 0) is 60.4 Å². The molecule has 32 heavy (non-hydrogen) atoms. The second-order valence-electron chi connectivity index (χ2n) is 7.71. The van der Waals surface area contributed by atoms with Crippen molar-refractivity contribution in [2.24, 2.45) is 0 Å². The fourth-order valence-corrected chi connectivity index (χ4v) is 3.48. The van der Waals surface area contributed by atoms with E-state index in [0.29, 0.717) is 30.7 Å². The van der Waals surface area contributed by atoms with Gasteiger partial charge in [-0.15, -0.1) is 0 Å². The number of anilines is 1. The van der Waals surface area contributed by atoms with Gasteiger partial charge in [-0.2, -0.15) is 4.98 Å². The molecule has 2 heterocycles. The third-order valence-electron chi connectivity index (χ3n) is 5.11. The summed E-state index contributed by atoms with van der Waals surface area (Å²) in [6.07, 6.45) is 1.23. The maximum Gasteiger partial charge on any atom is 0.258 e. The van der Waals surface area contributed by atoms with Crippen LogP contribution < -0.4 is 5.32 Å². The molecule has 2 N–H and O–H groups in total. The van der Waals surface area contributed by atoms with E-state index in [9.17, 15) is 5.11 Å². The first kappa shape index (κ1) is 21.7. The molecule has 7 nitrogen and oxygen atoms in total. The maximum atomic E-state index is 9.38. The zero-order valence-electron chi connectivity index (χ0n) is 18.4. The number of hydrogen-bond donors (Lipinski definition) is 2. The Morgan fingerprint density at radius 1 is 1.06 bits per heavy atom. The van der Waals surface area contributed by atoms with Crippen LogP contribution in [0.5, 0.6) is 0 Å². The molecule has 0 fully saturated rings.